The summed E-state index contributed by atoms with van der Waals surface area (Å²) in [6, 6.07) is 12.3. The molecular formula is C21H23N5O3S. The first-order valence-corrected chi connectivity index (χ1v) is 10.8. The minimum Gasteiger partial charge on any atom is -0.381 e. The van der Waals surface area contributed by atoms with Gasteiger partial charge in [0.15, 0.2) is 5.13 Å². The summed E-state index contributed by atoms with van der Waals surface area (Å²) in [7, 11) is 0. The summed E-state index contributed by atoms with van der Waals surface area (Å²) in [6.45, 7) is 2.94. The fraction of sp³-hybridized carbons (Fsp3) is 0.333. The van der Waals surface area contributed by atoms with Crippen molar-refractivity contribution in [3.8, 4) is 0 Å². The quantitative estimate of drug-likeness (QED) is 0.434. The predicted octanol–water partition coefficient (Wildman–Crippen LogP) is 4.24. The lowest BCUT2D eigenvalue weighted by molar-refractivity contribution is -0.384. The zero-order chi connectivity index (χ0) is 20.9. The number of nitrogens with one attached hydrogen (secondary N) is 2. The van der Waals surface area contributed by atoms with Crippen LogP contribution in [-0.2, 0) is 11.3 Å². The van der Waals surface area contributed by atoms with Gasteiger partial charge in [0.1, 0.15) is 0 Å². The second-order valence-corrected chi connectivity index (χ2v) is 8.39. The Hall–Kier alpha value is -3.04. The summed E-state index contributed by atoms with van der Waals surface area (Å²) in [5.74, 6) is -0.0209. The van der Waals surface area contributed by atoms with Crippen LogP contribution in [0.2, 0.25) is 0 Å². The van der Waals surface area contributed by atoms with E-state index in [1.165, 1.54) is 29.9 Å². The Kier molecular flexibility index (Phi) is 6.20. The number of non-ortho nitro benzene ring substituents is 1. The van der Waals surface area contributed by atoms with Crippen LogP contribution >= 0.6 is 11.3 Å². The van der Waals surface area contributed by atoms with Crippen LogP contribution in [0.3, 0.4) is 0 Å². The van der Waals surface area contributed by atoms with Gasteiger partial charge in [0.2, 0.25) is 5.91 Å². The van der Waals surface area contributed by atoms with Crippen LogP contribution in [0.1, 0.15) is 24.8 Å². The molecule has 1 amide bonds. The number of carbonyl (C=O) groups excluding carboxylic acids is 1. The first-order chi connectivity index (χ1) is 14.6. The van der Waals surface area contributed by atoms with E-state index < -0.39 is 4.92 Å². The van der Waals surface area contributed by atoms with Gasteiger partial charge in [0.25, 0.3) is 5.69 Å². The Morgan fingerprint density at radius 3 is 2.63 bits per heavy atom. The van der Waals surface area contributed by atoms with Crippen LogP contribution in [0, 0.1) is 10.1 Å². The number of amides is 1. The fourth-order valence-electron chi connectivity index (χ4n) is 3.51. The number of likely N-dealkylation sites (tertiary alicyclic amines) is 1. The molecule has 8 nitrogen and oxygen atoms in total. The zero-order valence-corrected chi connectivity index (χ0v) is 17.3. The fourth-order valence-corrected chi connectivity index (χ4v) is 4.43. The third-order valence-electron chi connectivity index (χ3n) is 5.09. The molecular weight excluding hydrogens is 402 g/mol. The number of rotatable bonds is 7. The van der Waals surface area contributed by atoms with Crippen molar-refractivity contribution in [2.75, 3.05) is 30.3 Å². The van der Waals surface area contributed by atoms with E-state index in [0.29, 0.717) is 18.2 Å². The van der Waals surface area contributed by atoms with Gasteiger partial charge in [-0.25, -0.2) is 4.98 Å². The number of fused-ring (bicyclic) bond motifs is 1. The standard InChI is InChI=1S/C21H23N5O3S/c27-20(14-25-10-2-1-3-11-25)24-21-23-18-9-6-16(12-19(18)30-21)22-13-15-4-7-17(8-5-15)26(28)29/h4-9,12,22H,1-3,10-11,13-14H2,(H,23,24,27). The summed E-state index contributed by atoms with van der Waals surface area (Å²) in [5.41, 5.74) is 2.81. The Morgan fingerprint density at radius 1 is 1.13 bits per heavy atom. The number of benzene rings is 2. The molecule has 0 bridgehead atoms. The van der Waals surface area contributed by atoms with E-state index >= 15 is 0 Å². The average Bonchev–Trinajstić information content (AvgIpc) is 3.14. The van der Waals surface area contributed by atoms with Crippen molar-refractivity contribution in [1.82, 2.24) is 9.88 Å². The molecule has 0 atom stereocenters. The molecule has 0 spiro atoms. The highest BCUT2D eigenvalue weighted by Crippen LogP contribution is 2.28. The minimum atomic E-state index is -0.405. The van der Waals surface area contributed by atoms with E-state index in [0.717, 1.165) is 47.4 Å². The van der Waals surface area contributed by atoms with Crippen molar-refractivity contribution in [1.29, 1.82) is 0 Å². The van der Waals surface area contributed by atoms with Crippen molar-refractivity contribution >= 4 is 44.0 Å². The molecule has 2 N–H and O–H groups in total. The van der Waals surface area contributed by atoms with E-state index in [1.54, 1.807) is 12.1 Å². The van der Waals surface area contributed by atoms with Crippen LogP contribution < -0.4 is 10.6 Å². The maximum Gasteiger partial charge on any atom is 0.269 e. The maximum atomic E-state index is 12.3. The summed E-state index contributed by atoms with van der Waals surface area (Å²) in [6.07, 6.45) is 3.56. The average molecular weight is 426 g/mol. The molecule has 1 saturated heterocycles. The molecule has 2 aromatic carbocycles. The van der Waals surface area contributed by atoms with Gasteiger partial charge in [0, 0.05) is 24.4 Å². The SMILES string of the molecule is O=C(CN1CCCCC1)Nc1nc2ccc(NCc3ccc([N+](=O)[O-])cc3)cc2s1. The Morgan fingerprint density at radius 2 is 1.90 bits per heavy atom. The Bertz CT molecular complexity index is 1040. The molecule has 4 rings (SSSR count). The second-order valence-electron chi connectivity index (χ2n) is 7.36. The highest BCUT2D eigenvalue weighted by atomic mass is 32.1. The molecule has 0 radical (unpaired) electrons. The summed E-state index contributed by atoms with van der Waals surface area (Å²) in [5, 5.41) is 17.6. The first-order valence-electron chi connectivity index (χ1n) is 9.97. The van der Waals surface area contributed by atoms with Gasteiger partial charge in [-0.05, 0) is 49.7 Å². The molecule has 30 heavy (non-hydrogen) atoms. The van der Waals surface area contributed by atoms with Crippen molar-refractivity contribution in [3.05, 3.63) is 58.1 Å². The normalized spacial score (nSPS) is 14.5. The lowest BCUT2D eigenvalue weighted by atomic mass is 10.1. The number of carbonyl (C=O) groups is 1. The van der Waals surface area contributed by atoms with Crippen LogP contribution in [-0.4, -0.2) is 40.3 Å². The molecule has 0 aliphatic carbocycles. The van der Waals surface area contributed by atoms with Crippen molar-refractivity contribution in [2.24, 2.45) is 0 Å². The third-order valence-corrected chi connectivity index (χ3v) is 6.03. The third kappa shape index (κ3) is 5.11. The monoisotopic (exact) mass is 425 g/mol. The van der Waals surface area contributed by atoms with Crippen LogP contribution in [0.5, 0.6) is 0 Å². The van der Waals surface area contributed by atoms with E-state index in [4.69, 9.17) is 0 Å². The number of anilines is 2. The number of nitro benzene ring substituents is 1. The molecule has 3 aromatic rings. The van der Waals surface area contributed by atoms with Gasteiger partial charge in [-0.1, -0.05) is 29.9 Å². The van der Waals surface area contributed by atoms with E-state index in [9.17, 15) is 14.9 Å². The predicted molar refractivity (Wildman–Crippen MR) is 119 cm³/mol. The van der Waals surface area contributed by atoms with Gasteiger partial charge >= 0.3 is 0 Å². The molecule has 2 heterocycles. The van der Waals surface area contributed by atoms with Crippen molar-refractivity contribution < 1.29 is 9.72 Å². The second kappa shape index (κ2) is 9.19. The van der Waals surface area contributed by atoms with Gasteiger partial charge < -0.3 is 10.6 Å². The molecule has 1 aromatic heterocycles. The largest absolute Gasteiger partial charge is 0.381 e. The number of hydrogen-bond donors (Lipinski definition) is 2. The molecule has 9 heteroatoms. The summed E-state index contributed by atoms with van der Waals surface area (Å²) in [4.78, 5) is 29.3. The van der Waals surface area contributed by atoms with Crippen LogP contribution in [0.25, 0.3) is 10.2 Å². The highest BCUT2D eigenvalue weighted by molar-refractivity contribution is 7.22. The molecule has 1 aliphatic rings. The van der Waals surface area contributed by atoms with Gasteiger partial charge in [-0.2, -0.15) is 0 Å². The first kappa shape index (κ1) is 20.2. The molecule has 0 saturated carbocycles. The molecule has 156 valence electrons. The number of hydrogen-bond acceptors (Lipinski definition) is 7. The molecule has 0 unspecified atom stereocenters. The lowest BCUT2D eigenvalue weighted by Crippen LogP contribution is -2.36. The van der Waals surface area contributed by atoms with Crippen LogP contribution in [0.4, 0.5) is 16.5 Å². The number of aromatic nitrogens is 1. The number of thiazole rings is 1. The van der Waals surface area contributed by atoms with Crippen LogP contribution in [0.15, 0.2) is 42.5 Å². The number of piperidine rings is 1. The topological polar surface area (TPSA) is 100 Å². The van der Waals surface area contributed by atoms with Gasteiger partial charge in [0.05, 0.1) is 21.7 Å². The molecule has 1 aliphatic heterocycles. The van der Waals surface area contributed by atoms with E-state index in [-0.39, 0.29) is 11.6 Å². The van der Waals surface area contributed by atoms with Gasteiger partial charge in [-0.3, -0.25) is 19.8 Å². The Balaban J connectivity index is 1.35. The summed E-state index contributed by atoms with van der Waals surface area (Å²) < 4.78 is 0.983. The van der Waals surface area contributed by atoms with Crippen molar-refractivity contribution in [3.63, 3.8) is 0 Å². The molecule has 1 fully saturated rings. The highest BCUT2D eigenvalue weighted by Gasteiger charge is 2.15. The lowest BCUT2D eigenvalue weighted by Gasteiger charge is -2.25. The Labute approximate surface area is 178 Å². The van der Waals surface area contributed by atoms with Gasteiger partial charge in [-0.15, -0.1) is 0 Å². The zero-order valence-electron chi connectivity index (χ0n) is 16.5. The maximum absolute atomic E-state index is 12.3. The smallest absolute Gasteiger partial charge is 0.269 e. The summed E-state index contributed by atoms with van der Waals surface area (Å²) >= 11 is 1.45. The number of nitro groups is 1. The number of nitrogens with zero attached hydrogens (tertiary/aromatic N) is 3. The van der Waals surface area contributed by atoms with E-state index in [1.807, 2.05) is 18.2 Å². The minimum absolute atomic E-state index is 0.0209. The van der Waals surface area contributed by atoms with E-state index in [2.05, 4.69) is 20.5 Å². The van der Waals surface area contributed by atoms with Crippen molar-refractivity contribution in [2.45, 2.75) is 25.8 Å².